The molecule has 1 fully saturated rings. The van der Waals surface area contributed by atoms with Crippen molar-refractivity contribution in [3.05, 3.63) is 58.6 Å². The van der Waals surface area contributed by atoms with Gasteiger partial charge in [-0.25, -0.2) is 4.79 Å². The molecule has 1 aliphatic rings. The zero-order valence-electron chi connectivity index (χ0n) is 22.6. The molecule has 1 N–H and O–H groups in total. The number of nitrogens with one attached hydrogen (secondary N) is 1. The van der Waals surface area contributed by atoms with E-state index in [1.807, 2.05) is 4.90 Å². The van der Waals surface area contributed by atoms with E-state index in [1.165, 1.54) is 17.0 Å². The summed E-state index contributed by atoms with van der Waals surface area (Å²) in [5.41, 5.74) is 0.390. The van der Waals surface area contributed by atoms with Gasteiger partial charge < -0.3 is 19.7 Å². The van der Waals surface area contributed by atoms with E-state index in [4.69, 9.17) is 21.1 Å². The van der Waals surface area contributed by atoms with Crippen LogP contribution in [-0.4, -0.2) is 55.3 Å². The summed E-state index contributed by atoms with van der Waals surface area (Å²) >= 11 is 6.61. The number of benzene rings is 2. The van der Waals surface area contributed by atoms with Crippen LogP contribution in [0.15, 0.2) is 42.5 Å². The van der Waals surface area contributed by atoms with E-state index in [0.29, 0.717) is 54.6 Å². The molecule has 11 heteroatoms. The summed E-state index contributed by atoms with van der Waals surface area (Å²) in [6.45, 7) is 6.89. The van der Waals surface area contributed by atoms with E-state index in [-0.39, 0.29) is 5.91 Å². The fourth-order valence-corrected chi connectivity index (χ4v) is 4.62. The minimum atomic E-state index is -4.40. The Labute approximate surface area is 232 Å². The van der Waals surface area contributed by atoms with Crippen molar-refractivity contribution in [1.82, 2.24) is 4.90 Å². The molecule has 0 bridgehead atoms. The Bertz CT molecular complexity index is 1140. The number of likely N-dealkylation sites (tertiary alicyclic amines) is 1. The quantitative estimate of drug-likeness (QED) is 0.381. The van der Waals surface area contributed by atoms with Gasteiger partial charge in [0.2, 0.25) is 5.91 Å². The van der Waals surface area contributed by atoms with Crippen LogP contribution in [0, 0.1) is 0 Å². The van der Waals surface area contributed by atoms with Gasteiger partial charge in [0.05, 0.1) is 22.9 Å². The number of alkyl halides is 3. The summed E-state index contributed by atoms with van der Waals surface area (Å²) in [6.07, 6.45) is -2.79. The van der Waals surface area contributed by atoms with Gasteiger partial charge in [0.25, 0.3) is 0 Å². The first-order valence-electron chi connectivity index (χ1n) is 12.8. The summed E-state index contributed by atoms with van der Waals surface area (Å²) in [5.74, 6) is -0.328. The van der Waals surface area contributed by atoms with Gasteiger partial charge in [0, 0.05) is 32.4 Å². The van der Waals surface area contributed by atoms with E-state index >= 15 is 0 Å². The molecule has 3 rings (SSSR count). The molecule has 1 atom stereocenters. The van der Waals surface area contributed by atoms with Crippen molar-refractivity contribution in [2.45, 2.75) is 64.4 Å². The number of hydrogen-bond acceptors (Lipinski definition) is 5. The minimum absolute atomic E-state index is 0.305. The Kier molecular flexibility index (Phi) is 10.1. The van der Waals surface area contributed by atoms with Crippen molar-refractivity contribution in [3.63, 3.8) is 0 Å². The van der Waals surface area contributed by atoms with Crippen LogP contribution >= 0.6 is 11.6 Å². The number of carbonyl (C=O) groups excluding carboxylic acids is 2. The van der Waals surface area contributed by atoms with Gasteiger partial charge in [-0.1, -0.05) is 23.7 Å². The zero-order chi connectivity index (χ0) is 28.8. The fraction of sp³-hybridized carbons (Fsp3) is 0.500. The first kappa shape index (κ1) is 30.6. The van der Waals surface area contributed by atoms with Crippen molar-refractivity contribution < 1.29 is 32.2 Å². The Hall–Kier alpha value is -2.98. The molecule has 0 unspecified atom stereocenters. The fourth-order valence-electron chi connectivity index (χ4n) is 4.32. The van der Waals surface area contributed by atoms with Crippen LogP contribution in [0.4, 0.5) is 29.3 Å². The van der Waals surface area contributed by atoms with Crippen LogP contribution < -0.4 is 10.2 Å². The van der Waals surface area contributed by atoms with Crippen LogP contribution in [-0.2, 0) is 27.0 Å². The number of methoxy groups -OCH3 is 1. The average Bonchev–Trinajstić information content (AvgIpc) is 2.85. The maximum atomic E-state index is 13.1. The summed E-state index contributed by atoms with van der Waals surface area (Å²) in [6, 6.07) is 9.37. The van der Waals surface area contributed by atoms with Gasteiger partial charge in [-0.2, -0.15) is 13.2 Å². The van der Waals surface area contributed by atoms with E-state index in [1.54, 1.807) is 46.1 Å². The van der Waals surface area contributed by atoms with Crippen LogP contribution in [0.25, 0.3) is 0 Å². The van der Waals surface area contributed by atoms with Crippen LogP contribution in [0.5, 0.6) is 0 Å². The number of ether oxygens (including phenoxy) is 2. The smallest absolute Gasteiger partial charge is 0.416 e. The molecule has 39 heavy (non-hydrogen) atoms. The zero-order valence-corrected chi connectivity index (χ0v) is 23.4. The molecule has 0 saturated carbocycles. The highest BCUT2D eigenvalue weighted by molar-refractivity contribution is 6.33. The third-order valence-electron chi connectivity index (χ3n) is 6.21. The van der Waals surface area contributed by atoms with E-state index in [0.717, 1.165) is 25.0 Å². The second-order valence-electron chi connectivity index (χ2n) is 10.4. The summed E-state index contributed by atoms with van der Waals surface area (Å²) in [7, 11) is 1.56. The van der Waals surface area contributed by atoms with Gasteiger partial charge >= 0.3 is 12.3 Å². The van der Waals surface area contributed by atoms with Gasteiger partial charge in [-0.3, -0.25) is 9.69 Å². The lowest BCUT2D eigenvalue weighted by atomic mass is 10.0. The summed E-state index contributed by atoms with van der Waals surface area (Å²) in [4.78, 5) is 29.2. The molecule has 0 aliphatic carbocycles. The number of hydrogen-bond donors (Lipinski definition) is 1. The third kappa shape index (κ3) is 8.76. The maximum absolute atomic E-state index is 13.1. The Morgan fingerprint density at radius 1 is 1.10 bits per heavy atom. The topological polar surface area (TPSA) is 71.1 Å². The molecular formula is C28H35ClF3N3O4. The van der Waals surface area contributed by atoms with E-state index in [9.17, 15) is 22.8 Å². The lowest BCUT2D eigenvalue weighted by molar-refractivity contribution is -0.137. The number of rotatable bonds is 8. The summed E-state index contributed by atoms with van der Waals surface area (Å²) in [5, 5.41) is 3.21. The molecule has 0 radical (unpaired) electrons. The van der Waals surface area contributed by atoms with Gasteiger partial charge in [-0.15, -0.1) is 0 Å². The van der Waals surface area contributed by atoms with Crippen LogP contribution in [0.3, 0.4) is 0 Å². The highest BCUT2D eigenvalue weighted by atomic mass is 35.5. The Morgan fingerprint density at radius 3 is 2.38 bits per heavy atom. The van der Waals surface area contributed by atoms with Crippen molar-refractivity contribution in [2.75, 3.05) is 37.0 Å². The molecule has 2 aromatic carbocycles. The first-order chi connectivity index (χ1) is 18.3. The molecule has 214 valence electrons. The summed E-state index contributed by atoms with van der Waals surface area (Å²) < 4.78 is 49.5. The third-order valence-corrected chi connectivity index (χ3v) is 6.51. The van der Waals surface area contributed by atoms with Gasteiger partial charge in [-0.05, 0) is 75.9 Å². The lowest BCUT2D eigenvalue weighted by Crippen LogP contribution is -2.51. The lowest BCUT2D eigenvalue weighted by Gasteiger charge is -2.35. The normalized spacial score (nSPS) is 16.1. The number of piperidine rings is 1. The molecular weight excluding hydrogens is 535 g/mol. The van der Waals surface area contributed by atoms with Crippen LogP contribution in [0.1, 0.15) is 51.2 Å². The highest BCUT2D eigenvalue weighted by Gasteiger charge is 2.35. The second-order valence-corrected chi connectivity index (χ2v) is 10.9. The molecule has 1 saturated heterocycles. The Morgan fingerprint density at radius 2 is 1.79 bits per heavy atom. The van der Waals surface area contributed by atoms with Crippen molar-refractivity contribution in [2.24, 2.45) is 0 Å². The average molecular weight is 570 g/mol. The van der Waals surface area contributed by atoms with Crippen molar-refractivity contribution in [3.8, 4) is 0 Å². The number of amides is 2. The van der Waals surface area contributed by atoms with Gasteiger partial charge in [0.1, 0.15) is 11.6 Å². The predicted molar refractivity (Wildman–Crippen MR) is 145 cm³/mol. The molecule has 0 aromatic heterocycles. The largest absolute Gasteiger partial charge is 0.444 e. The minimum Gasteiger partial charge on any atom is -0.444 e. The van der Waals surface area contributed by atoms with Crippen molar-refractivity contribution >= 4 is 35.0 Å². The number of nitrogens with zero attached hydrogens (tertiary/aromatic N) is 2. The molecule has 1 aliphatic heterocycles. The van der Waals surface area contributed by atoms with E-state index < -0.39 is 29.5 Å². The van der Waals surface area contributed by atoms with Crippen molar-refractivity contribution in [1.29, 1.82) is 0 Å². The first-order valence-corrected chi connectivity index (χ1v) is 13.2. The molecule has 2 aromatic rings. The maximum Gasteiger partial charge on any atom is 0.416 e. The second kappa shape index (κ2) is 12.9. The van der Waals surface area contributed by atoms with Gasteiger partial charge in [0.15, 0.2) is 0 Å². The molecule has 0 spiro atoms. The monoisotopic (exact) mass is 569 g/mol. The highest BCUT2D eigenvalue weighted by Crippen LogP contribution is 2.32. The number of halogens is 4. The Balaban J connectivity index is 1.74. The molecule has 1 heterocycles. The predicted octanol–water partition coefficient (Wildman–Crippen LogP) is 6.74. The number of anilines is 2. The van der Waals surface area contributed by atoms with Crippen LogP contribution in [0.2, 0.25) is 5.02 Å². The molecule has 7 nitrogen and oxygen atoms in total. The number of carbonyl (C=O) groups is 2. The standard InChI is InChI=1S/C28H35ClF3N3O4/c1-27(2,3)39-26(37)35-14-6-5-7-24(35)25(36)33-21-12-13-23(22(29)17-21)34(15-16-38-4)18-19-8-10-20(11-9-19)28(30,31)32/h8-13,17,24H,5-7,14-16,18H2,1-4H3,(H,33,36)/t24-/m1/s1. The SMILES string of the molecule is COCCN(Cc1ccc(C(F)(F)F)cc1)c1ccc(NC(=O)[C@H]2CCCCN2C(=O)OC(C)(C)C)cc1Cl. The molecule has 2 amide bonds. The van der Waals surface area contributed by atoms with E-state index in [2.05, 4.69) is 5.32 Å².